The molecule has 2 heterocycles. The number of halogens is 1. The molecule has 0 radical (unpaired) electrons. The summed E-state index contributed by atoms with van der Waals surface area (Å²) in [5.41, 5.74) is 1.44. The third-order valence-corrected chi connectivity index (χ3v) is 5.36. The van der Waals surface area contributed by atoms with E-state index in [-0.39, 0.29) is 5.75 Å². The number of hydrogen-bond acceptors (Lipinski definition) is 4. The Labute approximate surface area is 158 Å². The average Bonchev–Trinajstić information content (AvgIpc) is 3.10. The molecule has 0 amide bonds. The van der Waals surface area contributed by atoms with Gasteiger partial charge in [0.25, 0.3) is 0 Å². The van der Waals surface area contributed by atoms with Gasteiger partial charge < -0.3 is 10.0 Å². The number of aromatic nitrogens is 2. The van der Waals surface area contributed by atoms with Crippen LogP contribution in [0.5, 0.6) is 5.75 Å². The third-order valence-electron chi connectivity index (χ3n) is 5.12. The molecule has 1 aromatic heterocycles. The molecule has 1 aliphatic rings. The second kappa shape index (κ2) is 6.76. The maximum absolute atomic E-state index is 10.3. The molecule has 0 spiro atoms. The van der Waals surface area contributed by atoms with Crippen molar-refractivity contribution in [1.29, 1.82) is 0 Å². The number of phenols is 1. The molecule has 1 unspecified atom stereocenters. The summed E-state index contributed by atoms with van der Waals surface area (Å²) in [5, 5.41) is 11.9. The zero-order chi connectivity index (χ0) is 18.3. The predicted molar refractivity (Wildman–Crippen MR) is 107 cm³/mol. The first-order chi connectivity index (χ1) is 12.5. The molecular formula is C21H22ClN3O. The van der Waals surface area contributed by atoms with E-state index >= 15 is 0 Å². The molecule has 4 nitrogen and oxygen atoms in total. The Bertz CT molecular complexity index is 957. The van der Waals surface area contributed by atoms with Crippen LogP contribution in [0.1, 0.15) is 26.7 Å². The fourth-order valence-corrected chi connectivity index (χ4v) is 4.00. The van der Waals surface area contributed by atoms with Gasteiger partial charge in [-0.2, -0.15) is 0 Å². The van der Waals surface area contributed by atoms with Gasteiger partial charge in [-0.25, -0.2) is 9.97 Å². The minimum absolute atomic E-state index is 0.182. The summed E-state index contributed by atoms with van der Waals surface area (Å²) in [6.45, 7) is 5.50. The molecule has 0 bridgehead atoms. The minimum Gasteiger partial charge on any atom is -0.507 e. The molecule has 3 aromatic rings. The number of aromatic hydroxyl groups is 1. The van der Waals surface area contributed by atoms with E-state index in [1.54, 1.807) is 12.1 Å². The SMILES string of the molecule is CC(C)C1CCCN1c1nc(-c2ccccc2O)nc2cc(Cl)ccc12. The van der Waals surface area contributed by atoms with Gasteiger partial charge >= 0.3 is 0 Å². The Balaban J connectivity index is 1.95. The van der Waals surface area contributed by atoms with Crippen molar-refractivity contribution >= 4 is 28.3 Å². The normalized spacial score (nSPS) is 17.4. The summed E-state index contributed by atoms with van der Waals surface area (Å²) in [6, 6.07) is 13.4. The molecule has 5 heteroatoms. The Morgan fingerprint density at radius 1 is 1.15 bits per heavy atom. The highest BCUT2D eigenvalue weighted by molar-refractivity contribution is 6.31. The van der Waals surface area contributed by atoms with Gasteiger partial charge in [-0.3, -0.25) is 0 Å². The second-order valence-electron chi connectivity index (χ2n) is 7.20. The van der Waals surface area contributed by atoms with E-state index < -0.39 is 0 Å². The predicted octanol–water partition coefficient (Wildman–Crippen LogP) is 5.28. The van der Waals surface area contributed by atoms with Crippen LogP contribution in [0.2, 0.25) is 5.02 Å². The second-order valence-corrected chi connectivity index (χ2v) is 7.63. The maximum Gasteiger partial charge on any atom is 0.165 e. The van der Waals surface area contributed by atoms with Gasteiger partial charge in [0.2, 0.25) is 0 Å². The van der Waals surface area contributed by atoms with Crippen LogP contribution < -0.4 is 4.90 Å². The first-order valence-electron chi connectivity index (χ1n) is 9.07. The smallest absolute Gasteiger partial charge is 0.165 e. The van der Waals surface area contributed by atoms with Crippen molar-refractivity contribution in [2.24, 2.45) is 5.92 Å². The Morgan fingerprint density at radius 3 is 2.73 bits per heavy atom. The summed E-state index contributed by atoms with van der Waals surface area (Å²) in [4.78, 5) is 12.0. The molecule has 2 aromatic carbocycles. The number of nitrogens with zero attached hydrogens (tertiary/aromatic N) is 3. The van der Waals surface area contributed by atoms with Crippen LogP contribution in [-0.4, -0.2) is 27.7 Å². The lowest BCUT2D eigenvalue weighted by atomic mass is 10.0. The van der Waals surface area contributed by atoms with Gasteiger partial charge in [-0.1, -0.05) is 37.6 Å². The summed E-state index contributed by atoms with van der Waals surface area (Å²) < 4.78 is 0. The molecule has 1 aliphatic heterocycles. The number of hydrogen-bond donors (Lipinski definition) is 1. The monoisotopic (exact) mass is 367 g/mol. The van der Waals surface area contributed by atoms with Gasteiger partial charge in [-0.05, 0) is 49.1 Å². The topological polar surface area (TPSA) is 49.2 Å². The number of rotatable bonds is 3. The van der Waals surface area contributed by atoms with Crippen LogP contribution >= 0.6 is 11.6 Å². The zero-order valence-electron chi connectivity index (χ0n) is 15.0. The van der Waals surface area contributed by atoms with E-state index in [2.05, 4.69) is 23.7 Å². The lowest BCUT2D eigenvalue weighted by Gasteiger charge is -2.30. The van der Waals surface area contributed by atoms with Gasteiger partial charge in [0, 0.05) is 23.0 Å². The van der Waals surface area contributed by atoms with Gasteiger partial charge in [0.05, 0.1) is 11.1 Å². The minimum atomic E-state index is 0.182. The zero-order valence-corrected chi connectivity index (χ0v) is 15.7. The van der Waals surface area contributed by atoms with Crippen LogP contribution in [-0.2, 0) is 0 Å². The Morgan fingerprint density at radius 2 is 1.96 bits per heavy atom. The largest absolute Gasteiger partial charge is 0.507 e. The lowest BCUT2D eigenvalue weighted by molar-refractivity contribution is 0.476. The fraction of sp³-hybridized carbons (Fsp3) is 0.333. The standard InChI is InChI=1S/C21H22ClN3O/c1-13(2)18-7-5-11-25(18)21-15-10-9-14(22)12-17(15)23-20(24-21)16-6-3-4-8-19(16)26/h3-4,6,8-10,12-13,18,26H,5,7,11H2,1-2H3. The van der Waals surface area contributed by atoms with Crippen molar-refractivity contribution in [2.75, 3.05) is 11.4 Å². The van der Waals surface area contributed by atoms with Crippen LogP contribution in [0.15, 0.2) is 42.5 Å². The summed E-state index contributed by atoms with van der Waals surface area (Å²) >= 11 is 6.22. The third kappa shape index (κ3) is 2.99. The molecule has 4 rings (SSSR count). The van der Waals surface area contributed by atoms with E-state index in [4.69, 9.17) is 16.6 Å². The van der Waals surface area contributed by atoms with Crippen LogP contribution in [0.4, 0.5) is 5.82 Å². The molecule has 0 aliphatic carbocycles. The lowest BCUT2D eigenvalue weighted by Crippen LogP contribution is -2.34. The van der Waals surface area contributed by atoms with Gasteiger partial charge in [0.1, 0.15) is 11.6 Å². The molecule has 1 fully saturated rings. The van der Waals surface area contributed by atoms with E-state index in [0.717, 1.165) is 29.7 Å². The molecule has 1 saturated heterocycles. The highest BCUT2D eigenvalue weighted by Gasteiger charge is 2.30. The van der Waals surface area contributed by atoms with Gasteiger partial charge in [0.15, 0.2) is 5.82 Å². The Kier molecular flexibility index (Phi) is 4.45. The number of para-hydroxylation sites is 1. The quantitative estimate of drug-likeness (QED) is 0.684. The van der Waals surface area contributed by atoms with Crippen LogP contribution in [0.3, 0.4) is 0 Å². The first kappa shape index (κ1) is 17.1. The Hall–Kier alpha value is -2.33. The molecule has 26 heavy (non-hydrogen) atoms. The first-order valence-corrected chi connectivity index (χ1v) is 9.44. The molecule has 0 saturated carbocycles. The highest BCUT2D eigenvalue weighted by atomic mass is 35.5. The summed E-state index contributed by atoms with van der Waals surface area (Å²) in [6.07, 6.45) is 2.33. The maximum atomic E-state index is 10.3. The average molecular weight is 368 g/mol. The van der Waals surface area contributed by atoms with Crippen molar-refractivity contribution in [2.45, 2.75) is 32.7 Å². The van der Waals surface area contributed by atoms with Crippen molar-refractivity contribution in [3.8, 4) is 17.1 Å². The van der Waals surface area contributed by atoms with Crippen molar-refractivity contribution in [3.05, 3.63) is 47.5 Å². The van der Waals surface area contributed by atoms with E-state index in [9.17, 15) is 5.11 Å². The summed E-state index contributed by atoms with van der Waals surface area (Å²) in [7, 11) is 0. The highest BCUT2D eigenvalue weighted by Crippen LogP contribution is 2.36. The van der Waals surface area contributed by atoms with Crippen molar-refractivity contribution < 1.29 is 5.11 Å². The van der Waals surface area contributed by atoms with E-state index in [1.807, 2.05) is 30.3 Å². The van der Waals surface area contributed by atoms with E-state index in [1.165, 1.54) is 6.42 Å². The van der Waals surface area contributed by atoms with Gasteiger partial charge in [-0.15, -0.1) is 0 Å². The molecule has 1 N–H and O–H groups in total. The number of anilines is 1. The summed E-state index contributed by atoms with van der Waals surface area (Å²) in [5.74, 6) is 2.19. The van der Waals surface area contributed by atoms with Crippen molar-refractivity contribution in [3.63, 3.8) is 0 Å². The van der Waals surface area contributed by atoms with Crippen molar-refractivity contribution in [1.82, 2.24) is 9.97 Å². The molecular weight excluding hydrogens is 346 g/mol. The number of benzene rings is 2. The van der Waals surface area contributed by atoms with E-state index in [0.29, 0.717) is 28.4 Å². The number of fused-ring (bicyclic) bond motifs is 1. The number of phenolic OH excluding ortho intramolecular Hbond substituents is 1. The molecule has 134 valence electrons. The van der Waals surface area contributed by atoms with Crippen LogP contribution in [0, 0.1) is 5.92 Å². The van der Waals surface area contributed by atoms with Crippen LogP contribution in [0.25, 0.3) is 22.3 Å². The fourth-order valence-electron chi connectivity index (χ4n) is 3.84. The molecule has 1 atom stereocenters.